The number of carbonyl (C=O) groups is 2. The molecular formula is C36H30Cl2N2O4. The van der Waals surface area contributed by atoms with Crippen LogP contribution in [-0.4, -0.2) is 46.9 Å². The standard InChI is InChI=1S/C36H30Cl2N2O4/c37-17-23-19-39(29-15-31(41)25-8-1-3-10-27(25)35(23)29)33(43)13-21-6-5-7-22(12-21)14-34(44)40-20-24(18-38)36-28-11-4-2-9-26(28)32(42)16-30(36)40/h1-12,15-16,23-24,41-42H,13-14,17-20H2/t23-,24-/m1/s1. The van der Waals surface area contributed by atoms with Crippen LogP contribution >= 0.6 is 23.2 Å². The monoisotopic (exact) mass is 624 g/mol. The van der Waals surface area contributed by atoms with Crippen molar-refractivity contribution in [2.75, 3.05) is 34.6 Å². The zero-order valence-corrected chi connectivity index (χ0v) is 25.4. The second-order valence-electron chi connectivity index (χ2n) is 11.6. The van der Waals surface area contributed by atoms with E-state index in [0.29, 0.717) is 36.2 Å². The van der Waals surface area contributed by atoms with E-state index in [1.807, 2.05) is 72.8 Å². The van der Waals surface area contributed by atoms with Crippen LogP contribution in [0.15, 0.2) is 84.9 Å². The van der Waals surface area contributed by atoms with Crippen LogP contribution in [-0.2, 0) is 22.4 Å². The van der Waals surface area contributed by atoms with Crippen molar-refractivity contribution in [3.63, 3.8) is 0 Å². The summed E-state index contributed by atoms with van der Waals surface area (Å²) in [6.07, 6.45) is 0.287. The lowest BCUT2D eigenvalue weighted by molar-refractivity contribution is -0.118. The first-order valence-corrected chi connectivity index (χ1v) is 15.7. The van der Waals surface area contributed by atoms with Crippen molar-refractivity contribution >= 4 is 67.9 Å². The Kier molecular flexibility index (Phi) is 7.35. The highest BCUT2D eigenvalue weighted by atomic mass is 35.5. The van der Waals surface area contributed by atoms with Gasteiger partial charge in [0.1, 0.15) is 11.5 Å². The van der Waals surface area contributed by atoms with Crippen LogP contribution in [0, 0.1) is 0 Å². The Bertz CT molecular complexity index is 1820. The molecule has 2 heterocycles. The first-order chi connectivity index (χ1) is 21.4. The number of phenols is 2. The third-order valence-corrected chi connectivity index (χ3v) is 9.71. The van der Waals surface area contributed by atoms with Gasteiger partial charge in [-0.25, -0.2) is 0 Å². The van der Waals surface area contributed by atoms with Gasteiger partial charge >= 0.3 is 0 Å². The average molecular weight is 626 g/mol. The average Bonchev–Trinajstić information content (AvgIpc) is 3.60. The molecule has 6 nitrogen and oxygen atoms in total. The molecule has 2 N–H and O–H groups in total. The quantitative estimate of drug-likeness (QED) is 0.195. The fourth-order valence-corrected chi connectivity index (χ4v) is 7.47. The van der Waals surface area contributed by atoms with Crippen LogP contribution in [0.1, 0.15) is 34.1 Å². The van der Waals surface area contributed by atoms with Crippen molar-refractivity contribution < 1.29 is 19.8 Å². The van der Waals surface area contributed by atoms with Gasteiger partial charge in [0.2, 0.25) is 11.8 Å². The minimum absolute atomic E-state index is 0.0400. The normalized spacial score (nSPS) is 17.3. The molecule has 44 heavy (non-hydrogen) atoms. The summed E-state index contributed by atoms with van der Waals surface area (Å²) in [5.41, 5.74) is 4.96. The maximum Gasteiger partial charge on any atom is 0.231 e. The summed E-state index contributed by atoms with van der Waals surface area (Å²) in [7, 11) is 0. The van der Waals surface area contributed by atoms with Gasteiger partial charge in [-0.2, -0.15) is 0 Å². The van der Waals surface area contributed by atoms with E-state index in [1.165, 1.54) is 0 Å². The molecule has 2 atom stereocenters. The second kappa shape index (κ2) is 11.3. The number of aromatic hydroxyl groups is 2. The summed E-state index contributed by atoms with van der Waals surface area (Å²) in [6.45, 7) is 0.891. The van der Waals surface area contributed by atoms with Gasteiger partial charge in [0.15, 0.2) is 0 Å². The largest absolute Gasteiger partial charge is 0.507 e. The molecule has 0 fully saturated rings. The zero-order chi connectivity index (χ0) is 30.5. The van der Waals surface area contributed by atoms with Crippen LogP contribution in [0.2, 0.25) is 0 Å². The molecule has 0 spiro atoms. The fourth-order valence-electron chi connectivity index (χ4n) is 6.97. The highest BCUT2D eigenvalue weighted by molar-refractivity contribution is 6.19. The van der Waals surface area contributed by atoms with Gasteiger partial charge in [0, 0.05) is 59.6 Å². The van der Waals surface area contributed by atoms with Crippen LogP contribution in [0.3, 0.4) is 0 Å². The van der Waals surface area contributed by atoms with Gasteiger partial charge < -0.3 is 20.0 Å². The summed E-state index contributed by atoms with van der Waals surface area (Å²) >= 11 is 12.7. The lowest BCUT2D eigenvalue weighted by Crippen LogP contribution is -2.32. The molecule has 0 saturated carbocycles. The molecule has 0 saturated heterocycles. The number of hydrogen-bond acceptors (Lipinski definition) is 4. The van der Waals surface area contributed by atoms with E-state index in [2.05, 4.69) is 0 Å². The Morgan fingerprint density at radius 1 is 0.614 bits per heavy atom. The van der Waals surface area contributed by atoms with Crippen molar-refractivity contribution in [1.82, 2.24) is 0 Å². The van der Waals surface area contributed by atoms with Crippen LogP contribution in [0.5, 0.6) is 11.5 Å². The number of halogens is 2. The van der Waals surface area contributed by atoms with E-state index in [1.54, 1.807) is 21.9 Å². The maximum atomic E-state index is 13.7. The van der Waals surface area contributed by atoms with Crippen molar-refractivity contribution in [3.05, 3.63) is 107 Å². The highest BCUT2D eigenvalue weighted by Crippen LogP contribution is 2.46. The minimum Gasteiger partial charge on any atom is -0.507 e. The third kappa shape index (κ3) is 4.73. The number of rotatable bonds is 6. The van der Waals surface area contributed by atoms with E-state index in [4.69, 9.17) is 23.2 Å². The molecule has 0 bridgehead atoms. The smallest absolute Gasteiger partial charge is 0.231 e. The Morgan fingerprint density at radius 3 is 1.43 bits per heavy atom. The molecule has 2 aliphatic heterocycles. The summed E-state index contributed by atoms with van der Waals surface area (Å²) in [5, 5.41) is 24.8. The maximum absolute atomic E-state index is 13.7. The lowest BCUT2D eigenvalue weighted by atomic mass is 9.95. The van der Waals surface area contributed by atoms with Gasteiger partial charge in [-0.1, -0.05) is 72.8 Å². The fraction of sp³-hybridized carbons (Fsp3) is 0.222. The molecule has 0 radical (unpaired) electrons. The number of anilines is 2. The van der Waals surface area contributed by atoms with Gasteiger partial charge in [0.25, 0.3) is 0 Å². The molecular weight excluding hydrogens is 595 g/mol. The first kappa shape index (κ1) is 28.5. The highest BCUT2D eigenvalue weighted by Gasteiger charge is 2.36. The number of hydrogen-bond donors (Lipinski definition) is 2. The number of fused-ring (bicyclic) bond motifs is 6. The summed E-state index contributed by atoms with van der Waals surface area (Å²) < 4.78 is 0. The lowest BCUT2D eigenvalue weighted by Gasteiger charge is -2.20. The Labute approximate surface area is 265 Å². The predicted octanol–water partition coefficient (Wildman–Crippen LogP) is 7.23. The molecule has 8 heteroatoms. The van der Waals surface area contributed by atoms with Gasteiger partial charge in [-0.3, -0.25) is 9.59 Å². The van der Waals surface area contributed by atoms with Crippen LogP contribution in [0.4, 0.5) is 11.4 Å². The van der Waals surface area contributed by atoms with Crippen molar-refractivity contribution in [1.29, 1.82) is 0 Å². The Balaban J connectivity index is 1.12. The van der Waals surface area contributed by atoms with Gasteiger partial charge in [-0.15, -0.1) is 23.2 Å². The summed E-state index contributed by atoms with van der Waals surface area (Å²) in [4.78, 5) is 30.8. The molecule has 0 unspecified atom stereocenters. The van der Waals surface area contributed by atoms with E-state index in [9.17, 15) is 19.8 Å². The number of phenolic OH excluding ortho intramolecular Hbond substituents is 2. The second-order valence-corrected chi connectivity index (χ2v) is 12.3. The van der Waals surface area contributed by atoms with E-state index in [0.717, 1.165) is 43.8 Å². The SMILES string of the molecule is O=C(Cc1cccc(CC(=O)N2C[C@@H](CCl)c3c2cc(O)c2ccccc32)c1)N1C[C@@H](CCl)c2c1cc(O)c1ccccc21. The topological polar surface area (TPSA) is 81.1 Å². The third-order valence-electron chi connectivity index (χ3n) is 8.97. The van der Waals surface area contributed by atoms with Crippen LogP contribution in [0.25, 0.3) is 21.5 Å². The van der Waals surface area contributed by atoms with E-state index >= 15 is 0 Å². The van der Waals surface area contributed by atoms with E-state index in [-0.39, 0.29) is 48.0 Å². The number of nitrogens with zero attached hydrogens (tertiary/aromatic N) is 2. The van der Waals surface area contributed by atoms with Gasteiger partial charge in [0.05, 0.1) is 24.2 Å². The predicted molar refractivity (Wildman–Crippen MR) is 177 cm³/mol. The molecule has 0 aromatic heterocycles. The van der Waals surface area contributed by atoms with E-state index < -0.39 is 0 Å². The summed E-state index contributed by atoms with van der Waals surface area (Å²) in [5.74, 6) is 0.712. The minimum atomic E-state index is -0.0993. The Morgan fingerprint density at radius 2 is 1.02 bits per heavy atom. The van der Waals surface area contributed by atoms with Crippen molar-refractivity contribution in [2.45, 2.75) is 24.7 Å². The molecule has 5 aromatic carbocycles. The number of amides is 2. The van der Waals surface area contributed by atoms with Crippen LogP contribution < -0.4 is 9.80 Å². The van der Waals surface area contributed by atoms with Crippen molar-refractivity contribution in [2.24, 2.45) is 0 Å². The van der Waals surface area contributed by atoms with Crippen molar-refractivity contribution in [3.8, 4) is 11.5 Å². The molecule has 2 aliphatic rings. The number of benzene rings is 5. The summed E-state index contributed by atoms with van der Waals surface area (Å²) in [6, 6.07) is 26.1. The molecule has 7 rings (SSSR count). The number of alkyl halides is 2. The zero-order valence-electron chi connectivity index (χ0n) is 23.8. The molecule has 2 amide bonds. The first-order valence-electron chi connectivity index (χ1n) is 14.7. The molecule has 222 valence electrons. The Hall–Kier alpha value is -4.26. The van der Waals surface area contributed by atoms with Gasteiger partial charge in [-0.05, 0) is 33.0 Å². The molecule has 0 aliphatic carbocycles. The molecule has 5 aromatic rings. The number of carbonyl (C=O) groups excluding carboxylic acids is 2.